The number of primary amides is 1. The number of hydrogen-bond acceptors (Lipinski definition) is 6. The van der Waals surface area contributed by atoms with E-state index in [4.69, 9.17) is 21.8 Å². The molecule has 2 heterocycles. The van der Waals surface area contributed by atoms with Crippen molar-refractivity contribution in [2.45, 2.75) is 6.92 Å². The van der Waals surface area contributed by atoms with Gasteiger partial charge in [0.2, 0.25) is 5.91 Å². The quantitative estimate of drug-likeness (QED) is 0.422. The number of benzene rings is 1. The highest BCUT2D eigenvalue weighted by Gasteiger charge is 2.15. The zero-order valence-electron chi connectivity index (χ0n) is 13.4. The van der Waals surface area contributed by atoms with Gasteiger partial charge in [0.05, 0.1) is 5.39 Å². The first-order valence-electron chi connectivity index (χ1n) is 7.17. The van der Waals surface area contributed by atoms with Gasteiger partial charge in [-0.05, 0) is 18.6 Å². The monoisotopic (exact) mass is 336 g/mol. The van der Waals surface area contributed by atoms with Crippen LogP contribution in [-0.2, 0) is 4.79 Å². The molecule has 0 aliphatic carbocycles. The fourth-order valence-corrected chi connectivity index (χ4v) is 2.38. The van der Waals surface area contributed by atoms with Gasteiger partial charge in [0.1, 0.15) is 17.8 Å². The molecule has 0 saturated carbocycles. The molecule has 0 spiro atoms. The Kier molecular flexibility index (Phi) is 5.32. The molecule has 126 valence electrons. The van der Waals surface area contributed by atoms with Gasteiger partial charge in [-0.2, -0.15) is 5.26 Å². The molecule has 0 aliphatic rings. The van der Waals surface area contributed by atoms with Gasteiger partial charge in [-0.3, -0.25) is 4.79 Å². The van der Waals surface area contributed by atoms with Gasteiger partial charge >= 0.3 is 0 Å². The number of nitriles is 1. The number of carbonyl (C=O) groups excluding carboxylic acids is 1. The fourth-order valence-electron chi connectivity index (χ4n) is 2.38. The highest BCUT2D eigenvalue weighted by Crippen LogP contribution is 2.34. The summed E-state index contributed by atoms with van der Waals surface area (Å²) in [5.74, 6) is -0.136. The number of carbonyl (C=O) groups is 1. The molecule has 0 unspecified atom stereocenters. The predicted octanol–water partition coefficient (Wildman–Crippen LogP) is 1.85. The van der Waals surface area contributed by atoms with Crippen molar-refractivity contribution in [3.63, 3.8) is 0 Å². The van der Waals surface area contributed by atoms with Crippen molar-refractivity contribution in [3.05, 3.63) is 47.9 Å². The van der Waals surface area contributed by atoms with E-state index in [1.165, 1.54) is 12.4 Å². The third-order valence-corrected chi connectivity index (χ3v) is 3.40. The van der Waals surface area contributed by atoms with Crippen LogP contribution in [0.3, 0.4) is 0 Å². The number of aryl methyl sites for hydroxylation is 1. The molecule has 0 atom stereocenters. The van der Waals surface area contributed by atoms with E-state index >= 15 is 0 Å². The number of fused-ring (bicyclic) bond motifs is 1. The lowest BCUT2D eigenvalue weighted by Gasteiger charge is -2.04. The van der Waals surface area contributed by atoms with Crippen LogP contribution >= 0.6 is 0 Å². The standard InChI is InChI=1S/C16H15N5O.CHNO/c1-9-2-4-10(5-3-9)13-11(6-7-12(17)22)21-16-14(13)15(18)19-8-20-16;2-1-3/h2-8H,1H3,(H2,17,22)(H3,18,19,20,21);3H/b7-6+;. The molecule has 1 aromatic carbocycles. The summed E-state index contributed by atoms with van der Waals surface area (Å²) in [5.41, 5.74) is 15.5. The number of aromatic amines is 1. The maximum Gasteiger partial charge on any atom is 0.283 e. The van der Waals surface area contributed by atoms with Gasteiger partial charge in [-0.1, -0.05) is 29.8 Å². The molecule has 3 rings (SSSR count). The molecule has 0 fully saturated rings. The SMILES string of the molecule is Cc1ccc(-c2c(/C=C/C(N)=O)[nH]c3ncnc(N)c23)cc1.N#CO. The minimum Gasteiger partial charge on any atom is -0.443 e. The fraction of sp³-hybridized carbons (Fsp3) is 0.0588. The first-order chi connectivity index (χ1) is 12.0. The molecule has 0 bridgehead atoms. The number of rotatable bonds is 3. The molecule has 3 aromatic rings. The molecule has 0 saturated heterocycles. The Morgan fingerprint density at radius 3 is 2.56 bits per heavy atom. The summed E-state index contributed by atoms with van der Waals surface area (Å²) >= 11 is 0. The number of anilines is 1. The topological polar surface area (TPSA) is 155 Å². The summed E-state index contributed by atoms with van der Waals surface area (Å²) in [5, 5.41) is 14.5. The lowest BCUT2D eigenvalue weighted by molar-refractivity contribution is -0.113. The van der Waals surface area contributed by atoms with E-state index in [-0.39, 0.29) is 0 Å². The van der Waals surface area contributed by atoms with Crippen molar-refractivity contribution in [3.8, 4) is 17.4 Å². The van der Waals surface area contributed by atoms with Crippen LogP contribution in [0.2, 0.25) is 0 Å². The van der Waals surface area contributed by atoms with Crippen LogP contribution in [0.25, 0.3) is 28.2 Å². The lowest BCUT2D eigenvalue weighted by atomic mass is 10.0. The molecule has 0 radical (unpaired) electrons. The van der Waals surface area contributed by atoms with E-state index in [0.717, 1.165) is 28.3 Å². The molecular weight excluding hydrogens is 320 g/mol. The van der Waals surface area contributed by atoms with Gasteiger partial charge in [0, 0.05) is 17.3 Å². The maximum atomic E-state index is 11.0. The highest BCUT2D eigenvalue weighted by molar-refractivity contribution is 6.05. The van der Waals surface area contributed by atoms with Crippen LogP contribution in [0.4, 0.5) is 5.82 Å². The van der Waals surface area contributed by atoms with Crippen molar-refractivity contribution >= 4 is 28.8 Å². The second-order valence-corrected chi connectivity index (χ2v) is 5.10. The molecule has 8 heteroatoms. The summed E-state index contributed by atoms with van der Waals surface area (Å²) in [6.07, 6.45) is 5.07. The second kappa shape index (κ2) is 7.61. The third kappa shape index (κ3) is 3.92. The number of amides is 1. The molecule has 8 nitrogen and oxygen atoms in total. The van der Waals surface area contributed by atoms with Crippen molar-refractivity contribution < 1.29 is 9.90 Å². The minimum atomic E-state index is -0.521. The van der Waals surface area contributed by atoms with Crippen LogP contribution in [0, 0.1) is 18.4 Å². The molecule has 6 N–H and O–H groups in total. The summed E-state index contributed by atoms with van der Waals surface area (Å²) in [6.45, 7) is 2.02. The number of hydrogen-bond donors (Lipinski definition) is 4. The van der Waals surface area contributed by atoms with Gasteiger partial charge < -0.3 is 21.6 Å². The van der Waals surface area contributed by atoms with Crippen LogP contribution in [0.15, 0.2) is 36.7 Å². The summed E-state index contributed by atoms with van der Waals surface area (Å²) < 4.78 is 0. The Morgan fingerprint density at radius 2 is 1.96 bits per heavy atom. The Morgan fingerprint density at radius 1 is 1.32 bits per heavy atom. The van der Waals surface area contributed by atoms with Crippen molar-refractivity contribution in [1.29, 1.82) is 5.26 Å². The number of H-pyrrole nitrogens is 1. The highest BCUT2D eigenvalue weighted by atomic mass is 16.2. The molecular formula is C17H16N6O2. The molecule has 1 amide bonds. The first kappa shape index (κ1) is 17.5. The summed E-state index contributed by atoms with van der Waals surface area (Å²) in [7, 11) is 0. The van der Waals surface area contributed by atoms with E-state index in [9.17, 15) is 4.79 Å². The Bertz CT molecular complexity index is 967. The van der Waals surface area contributed by atoms with Crippen molar-refractivity contribution in [2.24, 2.45) is 5.73 Å². The van der Waals surface area contributed by atoms with E-state index < -0.39 is 5.91 Å². The van der Waals surface area contributed by atoms with Crippen LogP contribution < -0.4 is 11.5 Å². The third-order valence-electron chi connectivity index (χ3n) is 3.40. The first-order valence-corrected chi connectivity index (χ1v) is 7.17. The van der Waals surface area contributed by atoms with E-state index in [1.807, 2.05) is 31.2 Å². The van der Waals surface area contributed by atoms with E-state index in [2.05, 4.69) is 15.0 Å². The number of nitrogen functional groups attached to an aromatic ring is 1. The zero-order chi connectivity index (χ0) is 18.4. The van der Waals surface area contributed by atoms with Crippen LogP contribution in [-0.4, -0.2) is 26.0 Å². The molecule has 0 aliphatic heterocycles. The number of aliphatic hydroxyl groups is 1. The largest absolute Gasteiger partial charge is 0.443 e. The Labute approximate surface area is 143 Å². The predicted molar refractivity (Wildman–Crippen MR) is 94.3 cm³/mol. The molecule has 25 heavy (non-hydrogen) atoms. The van der Waals surface area contributed by atoms with Gasteiger partial charge in [-0.25, -0.2) is 9.97 Å². The summed E-state index contributed by atoms with van der Waals surface area (Å²) in [6, 6.07) is 8.00. The lowest BCUT2D eigenvalue weighted by Crippen LogP contribution is -2.05. The second-order valence-electron chi connectivity index (χ2n) is 5.10. The maximum absolute atomic E-state index is 11.0. The normalized spacial score (nSPS) is 10.2. The number of nitrogens with zero attached hydrogens (tertiary/aromatic N) is 3. The van der Waals surface area contributed by atoms with E-state index in [1.54, 1.807) is 6.08 Å². The van der Waals surface area contributed by atoms with E-state index in [0.29, 0.717) is 17.2 Å². The van der Waals surface area contributed by atoms with Crippen molar-refractivity contribution in [1.82, 2.24) is 15.0 Å². The number of aromatic nitrogens is 3. The Hall–Kier alpha value is -3.86. The van der Waals surface area contributed by atoms with Crippen LogP contribution in [0.5, 0.6) is 0 Å². The van der Waals surface area contributed by atoms with Gasteiger partial charge in [0.15, 0.2) is 0 Å². The van der Waals surface area contributed by atoms with Crippen molar-refractivity contribution in [2.75, 3.05) is 5.73 Å². The average Bonchev–Trinajstić information content (AvgIpc) is 2.94. The van der Waals surface area contributed by atoms with Gasteiger partial charge in [-0.15, -0.1) is 0 Å². The smallest absolute Gasteiger partial charge is 0.283 e. The minimum absolute atomic E-state index is 0.385. The van der Waals surface area contributed by atoms with Gasteiger partial charge in [0.25, 0.3) is 6.26 Å². The summed E-state index contributed by atoms with van der Waals surface area (Å²) in [4.78, 5) is 22.4. The zero-order valence-corrected chi connectivity index (χ0v) is 13.4. The van der Waals surface area contributed by atoms with Crippen LogP contribution in [0.1, 0.15) is 11.3 Å². The number of nitrogens with one attached hydrogen (secondary N) is 1. The number of nitrogens with two attached hydrogens (primary N) is 2. The number of aliphatic hydroxyl groups excluding tert-OH is 1. The Balaban J connectivity index is 0.000000701. The average molecular weight is 336 g/mol. The molecule has 2 aromatic heterocycles.